The lowest BCUT2D eigenvalue weighted by Crippen LogP contribution is -2.39. The summed E-state index contributed by atoms with van der Waals surface area (Å²) in [7, 11) is -1.64. The minimum absolute atomic E-state index is 0.148. The van der Waals surface area contributed by atoms with Gasteiger partial charge in [0.25, 0.3) is 0 Å². The largest absolute Gasteiger partial charge is 0.325 e. The standard InChI is InChI=1S/C21H29N3O3S/c1-15(2)23-28(26,27)20-12-10-19(11-13-20)22-21(25)17(4)24(5)14-18-8-6-16(3)7-9-18/h6-13,15,17,23H,14H2,1-5H3,(H,22,25)/t17-/m0/s1. The zero-order valence-electron chi connectivity index (χ0n) is 17.1. The van der Waals surface area contributed by atoms with E-state index < -0.39 is 10.0 Å². The van der Waals surface area contributed by atoms with Crippen molar-refractivity contribution >= 4 is 21.6 Å². The smallest absolute Gasteiger partial charge is 0.241 e. The Morgan fingerprint density at radius 2 is 1.57 bits per heavy atom. The molecular weight excluding hydrogens is 374 g/mol. The Balaban J connectivity index is 1.98. The van der Waals surface area contributed by atoms with E-state index in [1.165, 1.54) is 17.7 Å². The number of aryl methyl sites for hydroxylation is 1. The van der Waals surface area contributed by atoms with Crippen molar-refractivity contribution < 1.29 is 13.2 Å². The average Bonchev–Trinajstić information content (AvgIpc) is 2.62. The van der Waals surface area contributed by atoms with Gasteiger partial charge >= 0.3 is 0 Å². The van der Waals surface area contributed by atoms with Gasteiger partial charge in [0, 0.05) is 18.3 Å². The predicted molar refractivity (Wildman–Crippen MR) is 113 cm³/mol. The van der Waals surface area contributed by atoms with Crippen molar-refractivity contribution in [2.24, 2.45) is 0 Å². The Labute approximate surface area is 168 Å². The van der Waals surface area contributed by atoms with Gasteiger partial charge in [-0.15, -0.1) is 0 Å². The lowest BCUT2D eigenvalue weighted by Gasteiger charge is -2.24. The van der Waals surface area contributed by atoms with Gasteiger partial charge in [-0.1, -0.05) is 29.8 Å². The molecule has 0 unspecified atom stereocenters. The van der Waals surface area contributed by atoms with Crippen molar-refractivity contribution in [1.82, 2.24) is 9.62 Å². The first-order valence-electron chi connectivity index (χ1n) is 9.27. The van der Waals surface area contributed by atoms with Gasteiger partial charge in [-0.3, -0.25) is 9.69 Å². The number of nitrogens with zero attached hydrogens (tertiary/aromatic N) is 1. The quantitative estimate of drug-likeness (QED) is 0.710. The van der Waals surface area contributed by atoms with Gasteiger partial charge in [-0.25, -0.2) is 13.1 Å². The Morgan fingerprint density at radius 3 is 2.11 bits per heavy atom. The summed E-state index contributed by atoms with van der Waals surface area (Å²) >= 11 is 0. The molecule has 152 valence electrons. The molecule has 0 bridgehead atoms. The van der Waals surface area contributed by atoms with E-state index in [4.69, 9.17) is 0 Å². The normalized spacial score (nSPS) is 13.0. The summed E-state index contributed by atoms with van der Waals surface area (Å²) in [6.45, 7) is 8.07. The van der Waals surface area contributed by atoms with E-state index in [0.717, 1.165) is 5.56 Å². The average molecular weight is 404 g/mol. The number of anilines is 1. The van der Waals surface area contributed by atoms with Crippen LogP contribution in [0.2, 0.25) is 0 Å². The van der Waals surface area contributed by atoms with Crippen LogP contribution in [0.4, 0.5) is 5.69 Å². The van der Waals surface area contributed by atoms with E-state index in [0.29, 0.717) is 12.2 Å². The van der Waals surface area contributed by atoms with Gasteiger partial charge < -0.3 is 5.32 Å². The summed E-state index contributed by atoms with van der Waals surface area (Å²) in [4.78, 5) is 14.7. The van der Waals surface area contributed by atoms with Gasteiger partial charge in [0.2, 0.25) is 15.9 Å². The van der Waals surface area contributed by atoms with Crippen molar-refractivity contribution in [3.63, 3.8) is 0 Å². The summed E-state index contributed by atoms with van der Waals surface area (Å²) in [6.07, 6.45) is 0. The van der Waals surface area contributed by atoms with Crippen LogP contribution in [0, 0.1) is 6.92 Å². The molecule has 0 radical (unpaired) electrons. The number of carbonyl (C=O) groups excluding carboxylic acids is 1. The van der Waals surface area contributed by atoms with Crippen LogP contribution in [-0.2, 0) is 21.4 Å². The number of likely N-dealkylation sites (N-methyl/N-ethyl adjacent to an activating group) is 1. The van der Waals surface area contributed by atoms with E-state index in [1.807, 2.05) is 25.8 Å². The number of nitrogens with one attached hydrogen (secondary N) is 2. The first kappa shape index (κ1) is 22.1. The molecule has 6 nitrogen and oxygen atoms in total. The van der Waals surface area contributed by atoms with Crippen molar-refractivity contribution in [1.29, 1.82) is 0 Å². The van der Waals surface area contributed by atoms with E-state index in [1.54, 1.807) is 26.0 Å². The van der Waals surface area contributed by atoms with E-state index in [9.17, 15) is 13.2 Å². The molecule has 0 saturated carbocycles. The first-order valence-corrected chi connectivity index (χ1v) is 10.8. The minimum Gasteiger partial charge on any atom is -0.325 e. The van der Waals surface area contributed by atoms with Crippen molar-refractivity contribution in [3.8, 4) is 0 Å². The minimum atomic E-state index is -3.54. The van der Waals surface area contributed by atoms with Crippen LogP contribution in [0.3, 0.4) is 0 Å². The van der Waals surface area contributed by atoms with Crippen LogP contribution in [0.25, 0.3) is 0 Å². The number of rotatable bonds is 8. The molecule has 0 aliphatic rings. The second-order valence-electron chi connectivity index (χ2n) is 7.37. The third-order valence-corrected chi connectivity index (χ3v) is 6.09. The van der Waals surface area contributed by atoms with Crippen LogP contribution < -0.4 is 10.0 Å². The van der Waals surface area contributed by atoms with Crippen LogP contribution in [0.5, 0.6) is 0 Å². The monoisotopic (exact) mass is 403 g/mol. The maximum absolute atomic E-state index is 12.5. The van der Waals surface area contributed by atoms with E-state index in [-0.39, 0.29) is 22.9 Å². The highest BCUT2D eigenvalue weighted by Crippen LogP contribution is 2.16. The highest BCUT2D eigenvalue weighted by atomic mass is 32.2. The molecular formula is C21H29N3O3S. The maximum Gasteiger partial charge on any atom is 0.241 e. The summed E-state index contributed by atoms with van der Waals surface area (Å²) in [5, 5.41) is 2.84. The lowest BCUT2D eigenvalue weighted by atomic mass is 10.1. The summed E-state index contributed by atoms with van der Waals surface area (Å²) in [5.74, 6) is -0.148. The Morgan fingerprint density at radius 1 is 1.00 bits per heavy atom. The van der Waals surface area contributed by atoms with Crippen molar-refractivity contribution in [2.45, 2.75) is 51.2 Å². The predicted octanol–water partition coefficient (Wildman–Crippen LogP) is 3.14. The Hall–Kier alpha value is -2.22. The van der Waals surface area contributed by atoms with Crippen LogP contribution in [-0.4, -0.2) is 38.4 Å². The number of hydrogen-bond donors (Lipinski definition) is 2. The molecule has 2 aromatic rings. The molecule has 2 N–H and O–H groups in total. The van der Waals surface area contributed by atoms with Crippen molar-refractivity contribution in [3.05, 3.63) is 59.7 Å². The maximum atomic E-state index is 12.5. The molecule has 0 aliphatic carbocycles. The second-order valence-corrected chi connectivity index (χ2v) is 9.08. The topological polar surface area (TPSA) is 78.5 Å². The molecule has 0 fully saturated rings. The molecule has 7 heteroatoms. The molecule has 0 spiro atoms. The van der Waals surface area contributed by atoms with Crippen molar-refractivity contribution in [2.75, 3.05) is 12.4 Å². The zero-order valence-corrected chi connectivity index (χ0v) is 17.9. The molecule has 2 aromatic carbocycles. The Bertz CT molecular complexity index is 891. The van der Waals surface area contributed by atoms with Crippen LogP contribution in [0.1, 0.15) is 31.9 Å². The highest BCUT2D eigenvalue weighted by molar-refractivity contribution is 7.89. The molecule has 28 heavy (non-hydrogen) atoms. The summed E-state index contributed by atoms with van der Waals surface area (Å²) < 4.78 is 26.9. The fourth-order valence-electron chi connectivity index (χ4n) is 2.66. The van der Waals surface area contributed by atoms with E-state index in [2.05, 4.69) is 34.3 Å². The zero-order chi connectivity index (χ0) is 20.9. The van der Waals surface area contributed by atoms with Crippen LogP contribution in [0.15, 0.2) is 53.4 Å². The second kappa shape index (κ2) is 9.32. The number of hydrogen-bond acceptors (Lipinski definition) is 4. The molecule has 2 rings (SSSR count). The summed E-state index contributed by atoms with van der Waals surface area (Å²) in [5.41, 5.74) is 2.90. The molecule has 1 amide bonds. The fourth-order valence-corrected chi connectivity index (χ4v) is 3.91. The number of benzene rings is 2. The van der Waals surface area contributed by atoms with Gasteiger partial charge in [-0.05, 0) is 64.6 Å². The lowest BCUT2D eigenvalue weighted by molar-refractivity contribution is -0.120. The Kier molecular flexibility index (Phi) is 7.35. The highest BCUT2D eigenvalue weighted by Gasteiger charge is 2.19. The summed E-state index contributed by atoms with van der Waals surface area (Å²) in [6, 6.07) is 13.9. The third kappa shape index (κ3) is 6.15. The number of sulfonamides is 1. The van der Waals surface area contributed by atoms with Gasteiger partial charge in [0.15, 0.2) is 0 Å². The van der Waals surface area contributed by atoms with Gasteiger partial charge in [-0.2, -0.15) is 0 Å². The van der Waals surface area contributed by atoms with Gasteiger partial charge in [0.05, 0.1) is 10.9 Å². The first-order chi connectivity index (χ1) is 13.1. The van der Waals surface area contributed by atoms with E-state index >= 15 is 0 Å². The molecule has 0 heterocycles. The van der Waals surface area contributed by atoms with Gasteiger partial charge in [0.1, 0.15) is 0 Å². The molecule has 0 aromatic heterocycles. The molecule has 0 saturated heterocycles. The fraction of sp³-hybridized carbons (Fsp3) is 0.381. The molecule has 1 atom stereocenters. The number of amides is 1. The van der Waals surface area contributed by atoms with Crippen LogP contribution >= 0.6 is 0 Å². The number of carbonyl (C=O) groups is 1. The SMILES string of the molecule is Cc1ccc(CN(C)[C@@H](C)C(=O)Nc2ccc(S(=O)(=O)NC(C)C)cc2)cc1. The molecule has 0 aliphatic heterocycles. The third-order valence-electron chi connectivity index (χ3n) is 4.42.